The Labute approximate surface area is 233 Å². The van der Waals surface area contributed by atoms with Crippen LogP contribution in [-0.2, 0) is 21.6 Å². The van der Waals surface area contributed by atoms with Crippen molar-refractivity contribution in [3.8, 4) is 0 Å². The van der Waals surface area contributed by atoms with Crippen LogP contribution in [0.5, 0.6) is 0 Å². The van der Waals surface area contributed by atoms with E-state index < -0.39 is 10.9 Å². The second kappa shape index (κ2) is 9.58. The molecule has 0 spiro atoms. The molecule has 0 saturated heterocycles. The summed E-state index contributed by atoms with van der Waals surface area (Å²) in [7, 11) is 1.35. The SMILES string of the molecule is COC(=O)c1ccccc1Cn1cc(NC(=O)CC23CC4CC(C2)CC(n2cc(Br)c([N+](=O)[O-])n2)(C4)C3)cn1. The molecule has 7 rings (SSSR count). The Morgan fingerprint density at radius 2 is 1.95 bits per heavy atom. The maximum atomic E-state index is 13.3. The number of carbonyl (C=O) groups is 2. The molecule has 39 heavy (non-hydrogen) atoms. The molecule has 1 N–H and O–H groups in total. The van der Waals surface area contributed by atoms with Gasteiger partial charge in [0.1, 0.15) is 4.47 Å². The van der Waals surface area contributed by atoms with Gasteiger partial charge in [-0.25, -0.2) is 4.79 Å². The summed E-state index contributed by atoms with van der Waals surface area (Å²) in [5.74, 6) is 0.340. The second-order valence-corrected chi connectivity index (χ2v) is 12.3. The lowest BCUT2D eigenvalue weighted by atomic mass is 9.46. The van der Waals surface area contributed by atoms with Gasteiger partial charge in [0.05, 0.1) is 47.9 Å². The number of aromatic nitrogens is 4. The Bertz CT molecular complexity index is 1450. The fourth-order valence-electron chi connectivity index (χ4n) is 7.79. The highest BCUT2D eigenvalue weighted by Gasteiger charge is 2.60. The molecule has 2 aromatic heterocycles. The highest BCUT2D eigenvalue weighted by molar-refractivity contribution is 9.10. The molecule has 0 aliphatic heterocycles. The molecule has 4 aliphatic rings. The minimum atomic E-state index is -0.460. The van der Waals surface area contributed by atoms with E-state index in [2.05, 4.69) is 31.4 Å². The molecular weight excluding hydrogens is 568 g/mol. The van der Waals surface area contributed by atoms with Crippen molar-refractivity contribution in [1.29, 1.82) is 0 Å². The van der Waals surface area contributed by atoms with E-state index in [-0.39, 0.29) is 22.7 Å². The molecule has 1 amide bonds. The molecule has 2 atom stereocenters. The van der Waals surface area contributed by atoms with E-state index in [4.69, 9.17) is 4.74 Å². The lowest BCUT2D eigenvalue weighted by Gasteiger charge is -2.61. The highest BCUT2D eigenvalue weighted by Crippen LogP contribution is 2.65. The quantitative estimate of drug-likeness (QED) is 0.222. The van der Waals surface area contributed by atoms with Crippen molar-refractivity contribution in [2.75, 3.05) is 12.4 Å². The summed E-state index contributed by atoms with van der Waals surface area (Å²) in [4.78, 5) is 36.4. The number of benzene rings is 1. The average molecular weight is 597 g/mol. The summed E-state index contributed by atoms with van der Waals surface area (Å²) in [6.07, 6.45) is 11.3. The van der Waals surface area contributed by atoms with Crippen LogP contribution in [0.25, 0.3) is 0 Å². The third-order valence-electron chi connectivity index (χ3n) is 8.67. The van der Waals surface area contributed by atoms with Crippen LogP contribution in [0.1, 0.15) is 60.9 Å². The summed E-state index contributed by atoms with van der Waals surface area (Å²) in [6.45, 7) is 0.364. The Kier molecular flexibility index (Phi) is 6.32. The number of ether oxygens (including phenoxy) is 1. The van der Waals surface area contributed by atoms with Gasteiger partial charge in [-0.2, -0.15) is 9.78 Å². The number of amides is 1. The van der Waals surface area contributed by atoms with Crippen LogP contribution in [0.15, 0.2) is 47.3 Å². The summed E-state index contributed by atoms with van der Waals surface area (Å²) in [5.41, 5.74) is 1.40. The van der Waals surface area contributed by atoms with E-state index in [0.29, 0.717) is 40.5 Å². The zero-order valence-corrected chi connectivity index (χ0v) is 23.1. The first-order valence-electron chi connectivity index (χ1n) is 13.1. The fraction of sp³-hybridized carbons (Fsp3) is 0.481. The Hall–Kier alpha value is -3.54. The smallest absolute Gasteiger partial charge is 0.404 e. The highest BCUT2D eigenvalue weighted by atomic mass is 79.9. The number of anilines is 1. The monoisotopic (exact) mass is 596 g/mol. The van der Waals surface area contributed by atoms with Gasteiger partial charge in [0.25, 0.3) is 0 Å². The molecule has 4 saturated carbocycles. The van der Waals surface area contributed by atoms with Gasteiger partial charge in [-0.05, 0) is 88.3 Å². The molecule has 2 unspecified atom stereocenters. The maximum absolute atomic E-state index is 13.3. The van der Waals surface area contributed by atoms with Crippen LogP contribution < -0.4 is 5.32 Å². The normalized spacial score (nSPS) is 26.9. The molecule has 1 aromatic carbocycles. The number of hydrogen-bond donors (Lipinski definition) is 1. The lowest BCUT2D eigenvalue weighted by molar-refractivity contribution is -0.390. The molecule has 2 heterocycles. The number of nitrogens with zero attached hydrogens (tertiary/aromatic N) is 5. The van der Waals surface area contributed by atoms with E-state index >= 15 is 0 Å². The number of halogens is 1. The van der Waals surface area contributed by atoms with Crippen molar-refractivity contribution in [3.05, 3.63) is 68.6 Å². The summed E-state index contributed by atoms with van der Waals surface area (Å²) in [5, 5.41) is 23.2. The summed E-state index contributed by atoms with van der Waals surface area (Å²) < 4.78 is 8.76. The predicted octanol–water partition coefficient (Wildman–Crippen LogP) is 4.91. The molecule has 12 heteroatoms. The Morgan fingerprint density at radius 1 is 1.21 bits per heavy atom. The molecule has 4 bridgehead atoms. The van der Waals surface area contributed by atoms with Gasteiger partial charge in [-0.15, -0.1) is 0 Å². The molecule has 0 radical (unpaired) electrons. The number of hydrogen-bond acceptors (Lipinski definition) is 7. The molecular formula is C27H29BrN6O5. The van der Waals surface area contributed by atoms with E-state index in [1.54, 1.807) is 35.4 Å². The van der Waals surface area contributed by atoms with Crippen LogP contribution in [0.3, 0.4) is 0 Å². The van der Waals surface area contributed by atoms with Gasteiger partial charge in [0, 0.05) is 12.6 Å². The van der Waals surface area contributed by atoms with Gasteiger partial charge in [-0.1, -0.05) is 18.2 Å². The minimum absolute atomic E-state index is 0.0609. The van der Waals surface area contributed by atoms with Gasteiger partial charge in [0.2, 0.25) is 5.91 Å². The third-order valence-corrected chi connectivity index (χ3v) is 9.23. The Morgan fingerprint density at radius 3 is 2.64 bits per heavy atom. The fourth-order valence-corrected chi connectivity index (χ4v) is 8.21. The van der Waals surface area contributed by atoms with Crippen molar-refractivity contribution in [3.63, 3.8) is 0 Å². The first-order chi connectivity index (χ1) is 18.7. The standard InChI is InChI=1S/C27H29BrN6O5/c1-39-25(36)21-5-3-2-4-19(21)13-32-14-20(12-29-32)30-23(35)11-26-7-17-6-18(8-26)10-27(9-17,16-26)33-15-22(28)24(31-33)34(37)38/h2-5,12,14-15,17-18H,6-11,13,16H2,1H3,(H,30,35). The first kappa shape index (κ1) is 25.7. The number of carbonyl (C=O) groups excluding carboxylic acids is 2. The van der Waals surface area contributed by atoms with E-state index in [0.717, 1.165) is 44.1 Å². The van der Waals surface area contributed by atoms with Gasteiger partial charge in [0.15, 0.2) is 0 Å². The van der Waals surface area contributed by atoms with Crippen molar-refractivity contribution in [1.82, 2.24) is 19.6 Å². The molecule has 11 nitrogen and oxygen atoms in total. The van der Waals surface area contributed by atoms with Crippen molar-refractivity contribution >= 4 is 39.3 Å². The van der Waals surface area contributed by atoms with E-state index in [1.165, 1.54) is 7.11 Å². The topological polar surface area (TPSA) is 134 Å². The first-order valence-corrected chi connectivity index (χ1v) is 13.9. The number of nitro groups is 1. The van der Waals surface area contributed by atoms with Crippen LogP contribution in [0.4, 0.5) is 11.5 Å². The number of nitrogens with one attached hydrogen (secondary N) is 1. The number of rotatable bonds is 8. The van der Waals surface area contributed by atoms with Gasteiger partial charge >= 0.3 is 11.8 Å². The van der Waals surface area contributed by atoms with Crippen molar-refractivity contribution < 1.29 is 19.2 Å². The third kappa shape index (κ3) is 4.75. The van der Waals surface area contributed by atoms with Gasteiger partial charge < -0.3 is 20.2 Å². The average Bonchev–Trinajstić information content (AvgIpc) is 3.49. The molecule has 4 fully saturated rings. The maximum Gasteiger partial charge on any atom is 0.404 e. The van der Waals surface area contributed by atoms with E-state index in [9.17, 15) is 19.7 Å². The molecule has 4 aliphatic carbocycles. The summed E-state index contributed by atoms with van der Waals surface area (Å²) in [6, 6.07) is 7.20. The lowest BCUT2D eigenvalue weighted by Crippen LogP contribution is -2.57. The largest absolute Gasteiger partial charge is 0.465 e. The Balaban J connectivity index is 1.16. The number of esters is 1. The second-order valence-electron chi connectivity index (χ2n) is 11.5. The summed E-state index contributed by atoms with van der Waals surface area (Å²) >= 11 is 3.31. The zero-order chi connectivity index (χ0) is 27.4. The van der Waals surface area contributed by atoms with Crippen LogP contribution >= 0.6 is 15.9 Å². The minimum Gasteiger partial charge on any atom is -0.465 e. The zero-order valence-electron chi connectivity index (χ0n) is 21.5. The van der Waals surface area contributed by atoms with E-state index in [1.807, 2.05) is 16.8 Å². The number of methoxy groups -OCH3 is 1. The van der Waals surface area contributed by atoms with Gasteiger partial charge in [-0.3, -0.25) is 9.48 Å². The van der Waals surface area contributed by atoms with Crippen LogP contribution in [0.2, 0.25) is 0 Å². The van der Waals surface area contributed by atoms with Crippen molar-refractivity contribution in [2.45, 2.75) is 57.0 Å². The predicted molar refractivity (Wildman–Crippen MR) is 144 cm³/mol. The van der Waals surface area contributed by atoms with Crippen LogP contribution in [0, 0.1) is 27.4 Å². The van der Waals surface area contributed by atoms with Crippen LogP contribution in [-0.4, -0.2) is 43.5 Å². The molecule has 3 aromatic rings. The molecule has 204 valence electrons. The van der Waals surface area contributed by atoms with Crippen molar-refractivity contribution in [2.24, 2.45) is 17.3 Å².